The lowest BCUT2D eigenvalue weighted by Gasteiger charge is -2.18. The van der Waals surface area contributed by atoms with Crippen LogP contribution in [0.1, 0.15) is 361 Å². The molecule has 0 heterocycles. The van der Waals surface area contributed by atoms with Crippen molar-refractivity contribution < 1.29 is 28.6 Å². The van der Waals surface area contributed by atoms with Crippen molar-refractivity contribution in [3.8, 4) is 0 Å². The molecular formula is C72H130O6. The predicted octanol–water partition coefficient (Wildman–Crippen LogP) is 23.5. The van der Waals surface area contributed by atoms with Gasteiger partial charge in [-0.2, -0.15) is 0 Å². The van der Waals surface area contributed by atoms with Crippen molar-refractivity contribution in [1.29, 1.82) is 0 Å². The molecule has 0 aromatic carbocycles. The minimum absolute atomic E-state index is 0.0800. The van der Waals surface area contributed by atoms with Gasteiger partial charge in [-0.15, -0.1) is 0 Å². The van der Waals surface area contributed by atoms with Crippen molar-refractivity contribution >= 4 is 17.9 Å². The second-order valence-corrected chi connectivity index (χ2v) is 23.1. The summed E-state index contributed by atoms with van der Waals surface area (Å²) in [6.45, 7) is 6.54. The maximum Gasteiger partial charge on any atom is 0.306 e. The molecule has 0 aromatic rings. The van der Waals surface area contributed by atoms with E-state index in [-0.39, 0.29) is 31.1 Å². The summed E-state index contributed by atoms with van der Waals surface area (Å²) >= 11 is 0. The van der Waals surface area contributed by atoms with E-state index in [1.165, 1.54) is 212 Å². The number of hydrogen-bond acceptors (Lipinski definition) is 6. The molecule has 0 fully saturated rings. The number of carbonyl (C=O) groups is 3. The average molecular weight is 1090 g/mol. The average Bonchev–Trinajstić information content (AvgIpc) is 3.44. The van der Waals surface area contributed by atoms with Crippen LogP contribution in [0.3, 0.4) is 0 Å². The second-order valence-electron chi connectivity index (χ2n) is 23.1. The molecule has 0 saturated heterocycles. The van der Waals surface area contributed by atoms with Gasteiger partial charge in [0.1, 0.15) is 13.2 Å². The molecule has 454 valence electrons. The van der Waals surface area contributed by atoms with Crippen LogP contribution in [0.25, 0.3) is 0 Å². The second kappa shape index (κ2) is 66.6. The monoisotopic (exact) mass is 1090 g/mol. The van der Waals surface area contributed by atoms with Crippen LogP contribution in [0.5, 0.6) is 0 Å². The summed E-state index contributed by atoms with van der Waals surface area (Å²) in [6, 6.07) is 0. The highest BCUT2D eigenvalue weighted by atomic mass is 16.6. The van der Waals surface area contributed by atoms with Gasteiger partial charge in [0.2, 0.25) is 0 Å². The van der Waals surface area contributed by atoms with E-state index in [0.717, 1.165) is 109 Å². The molecule has 0 saturated carbocycles. The van der Waals surface area contributed by atoms with Gasteiger partial charge in [0, 0.05) is 19.3 Å². The third kappa shape index (κ3) is 63.9. The molecule has 0 spiro atoms. The summed E-state index contributed by atoms with van der Waals surface area (Å²) < 4.78 is 16.9. The zero-order valence-corrected chi connectivity index (χ0v) is 52.2. The molecule has 0 radical (unpaired) electrons. The smallest absolute Gasteiger partial charge is 0.306 e. The fraction of sp³-hybridized carbons (Fsp3) is 0.819. The van der Waals surface area contributed by atoms with Gasteiger partial charge in [-0.25, -0.2) is 0 Å². The topological polar surface area (TPSA) is 78.9 Å². The summed E-state index contributed by atoms with van der Waals surface area (Å²) in [5, 5.41) is 0. The van der Waals surface area contributed by atoms with E-state index >= 15 is 0 Å². The van der Waals surface area contributed by atoms with Crippen LogP contribution < -0.4 is 0 Å². The first kappa shape index (κ1) is 75.1. The van der Waals surface area contributed by atoms with Gasteiger partial charge in [-0.3, -0.25) is 14.4 Å². The van der Waals surface area contributed by atoms with Crippen LogP contribution in [0.2, 0.25) is 0 Å². The number of rotatable bonds is 63. The first-order valence-corrected chi connectivity index (χ1v) is 34.3. The van der Waals surface area contributed by atoms with Gasteiger partial charge < -0.3 is 14.2 Å². The van der Waals surface area contributed by atoms with E-state index in [0.29, 0.717) is 19.3 Å². The van der Waals surface area contributed by atoms with Crippen LogP contribution in [0.4, 0.5) is 0 Å². The molecule has 0 rings (SSSR count). The van der Waals surface area contributed by atoms with Crippen LogP contribution >= 0.6 is 0 Å². The Kier molecular flexibility index (Phi) is 64.2. The van der Waals surface area contributed by atoms with Gasteiger partial charge in [-0.05, 0) is 83.5 Å². The summed E-state index contributed by atoms with van der Waals surface area (Å²) in [5.41, 5.74) is 0. The fourth-order valence-corrected chi connectivity index (χ4v) is 10.1. The van der Waals surface area contributed by atoms with Crippen LogP contribution in [-0.4, -0.2) is 37.2 Å². The fourth-order valence-electron chi connectivity index (χ4n) is 10.1. The van der Waals surface area contributed by atoms with Crippen molar-refractivity contribution in [3.05, 3.63) is 60.8 Å². The SMILES string of the molecule is CC/C=C\C/C=C\C/C=C\CCCCCCCC(=O)OCC(COC(=O)CCCCCCCCCCCCCCCCCCCCCCCCCCCCCC)OC(=O)CCCCCCCCC/C=C\C/C=C\CCCCC. The lowest BCUT2D eigenvalue weighted by molar-refractivity contribution is -0.167. The van der Waals surface area contributed by atoms with Crippen LogP contribution in [-0.2, 0) is 28.6 Å². The Balaban J connectivity index is 4.23. The summed E-state index contributed by atoms with van der Waals surface area (Å²) in [4.78, 5) is 38.4. The molecular weight excluding hydrogens is 961 g/mol. The number of hydrogen-bond donors (Lipinski definition) is 0. The molecule has 6 heteroatoms. The Hall–Kier alpha value is -2.89. The first-order valence-electron chi connectivity index (χ1n) is 34.3. The van der Waals surface area contributed by atoms with Crippen molar-refractivity contribution in [3.63, 3.8) is 0 Å². The van der Waals surface area contributed by atoms with Crippen LogP contribution in [0.15, 0.2) is 60.8 Å². The maximum absolute atomic E-state index is 12.9. The first-order chi connectivity index (χ1) is 38.5. The lowest BCUT2D eigenvalue weighted by atomic mass is 10.0. The Labute approximate surface area is 485 Å². The number of allylic oxidation sites excluding steroid dienone is 10. The molecule has 0 aliphatic rings. The summed E-state index contributed by atoms with van der Waals surface area (Å²) in [5.74, 6) is -0.885. The third-order valence-electron chi connectivity index (χ3n) is 15.3. The van der Waals surface area contributed by atoms with Crippen molar-refractivity contribution in [2.45, 2.75) is 367 Å². The summed E-state index contributed by atoms with van der Waals surface area (Å²) in [6.07, 6.45) is 85.4. The van der Waals surface area contributed by atoms with Gasteiger partial charge in [0.05, 0.1) is 0 Å². The minimum atomic E-state index is -0.786. The third-order valence-corrected chi connectivity index (χ3v) is 15.3. The zero-order valence-electron chi connectivity index (χ0n) is 52.2. The van der Waals surface area contributed by atoms with Crippen molar-refractivity contribution in [2.24, 2.45) is 0 Å². The predicted molar refractivity (Wildman–Crippen MR) is 339 cm³/mol. The Morgan fingerprint density at radius 2 is 0.500 bits per heavy atom. The van der Waals surface area contributed by atoms with E-state index in [4.69, 9.17) is 14.2 Å². The van der Waals surface area contributed by atoms with Gasteiger partial charge in [0.15, 0.2) is 6.10 Å². The quantitative estimate of drug-likeness (QED) is 0.0261. The number of esters is 3. The molecule has 0 N–H and O–H groups in total. The Morgan fingerprint density at radius 1 is 0.269 bits per heavy atom. The summed E-state index contributed by atoms with van der Waals surface area (Å²) in [7, 11) is 0. The highest BCUT2D eigenvalue weighted by Gasteiger charge is 2.19. The molecule has 78 heavy (non-hydrogen) atoms. The number of carbonyl (C=O) groups excluding carboxylic acids is 3. The highest BCUT2D eigenvalue weighted by molar-refractivity contribution is 5.71. The van der Waals surface area contributed by atoms with Gasteiger partial charge in [-0.1, -0.05) is 319 Å². The van der Waals surface area contributed by atoms with Crippen LogP contribution in [0, 0.1) is 0 Å². The van der Waals surface area contributed by atoms with Crippen molar-refractivity contribution in [1.82, 2.24) is 0 Å². The van der Waals surface area contributed by atoms with E-state index < -0.39 is 6.10 Å². The molecule has 0 bridgehead atoms. The maximum atomic E-state index is 12.9. The molecule has 0 aliphatic heterocycles. The molecule has 0 amide bonds. The lowest BCUT2D eigenvalue weighted by Crippen LogP contribution is -2.30. The Bertz CT molecular complexity index is 1390. The van der Waals surface area contributed by atoms with E-state index in [1.54, 1.807) is 0 Å². The molecule has 1 atom stereocenters. The molecule has 0 aliphatic carbocycles. The number of ether oxygens (including phenoxy) is 3. The van der Waals surface area contributed by atoms with E-state index in [1.807, 2.05) is 0 Å². The van der Waals surface area contributed by atoms with E-state index in [9.17, 15) is 14.4 Å². The van der Waals surface area contributed by atoms with Gasteiger partial charge >= 0.3 is 17.9 Å². The zero-order chi connectivity index (χ0) is 56.4. The highest BCUT2D eigenvalue weighted by Crippen LogP contribution is 2.18. The van der Waals surface area contributed by atoms with E-state index in [2.05, 4.69) is 81.5 Å². The Morgan fingerprint density at radius 3 is 0.808 bits per heavy atom. The normalized spacial score (nSPS) is 12.4. The molecule has 6 nitrogen and oxygen atoms in total. The molecule has 1 unspecified atom stereocenters. The molecule has 0 aromatic heterocycles. The largest absolute Gasteiger partial charge is 0.462 e. The van der Waals surface area contributed by atoms with Crippen molar-refractivity contribution in [2.75, 3.05) is 13.2 Å². The van der Waals surface area contributed by atoms with Gasteiger partial charge in [0.25, 0.3) is 0 Å². The minimum Gasteiger partial charge on any atom is -0.462 e. The number of unbranched alkanes of at least 4 members (excludes halogenated alkanes) is 42. The standard InChI is InChI=1S/C72H130O6/c1-4-7-10-13-16-19-22-25-28-30-31-32-33-34-35-36-37-38-39-40-42-44-47-50-53-56-59-62-65-71(74)77-68-69(67-76-70(73)64-61-58-55-52-49-46-43-27-24-21-18-15-12-9-6-3)78-72(75)66-63-60-57-54-51-48-45-41-29-26-23-20-17-14-11-8-5-2/h9,12,17-18,20-21,26-27,29,43,69H,4-8,10-11,13-16,19,22-25,28,30-42,44-68H2,1-3H3/b12-9-,20-17-,21-18-,29-26-,43-27-.